The highest BCUT2D eigenvalue weighted by molar-refractivity contribution is 5.76. The highest BCUT2D eigenvalue weighted by Gasteiger charge is 2.46. The molecule has 0 radical (unpaired) electrons. The first kappa shape index (κ1) is 8.04. The van der Waals surface area contributed by atoms with Crippen molar-refractivity contribution in [1.29, 1.82) is 0 Å². The lowest BCUT2D eigenvalue weighted by atomic mass is 10.2. The lowest BCUT2D eigenvalue weighted by molar-refractivity contribution is -0.526. The zero-order valence-electron chi connectivity index (χ0n) is 7.66. The first-order valence-electron chi connectivity index (χ1n) is 4.16. The van der Waals surface area contributed by atoms with Crippen LogP contribution in [0.2, 0.25) is 0 Å². The maximum absolute atomic E-state index is 11.7. The van der Waals surface area contributed by atoms with Gasteiger partial charge in [0.15, 0.2) is 0 Å². The number of nitrogens with one attached hydrogen (secondary N) is 1. The van der Waals surface area contributed by atoms with E-state index in [0.717, 1.165) is 10.4 Å². The molecule has 0 saturated heterocycles. The number of fused-ring (bicyclic) bond motifs is 1. The van der Waals surface area contributed by atoms with Crippen molar-refractivity contribution >= 4 is 17.1 Å². The van der Waals surface area contributed by atoms with Crippen LogP contribution >= 0.6 is 0 Å². The number of nitrogens with zero attached hydrogens (tertiary/aromatic N) is 1. The molecule has 0 aliphatic carbocycles. The summed E-state index contributed by atoms with van der Waals surface area (Å²) in [6.07, 6.45) is 0. The fraction of sp³-hybridized carbons (Fsp3) is 0.333. The lowest BCUT2D eigenvalue weighted by Crippen LogP contribution is -2.34. The third-order valence-corrected chi connectivity index (χ3v) is 2.22. The topological polar surface area (TPSA) is 58.1 Å². The normalized spacial score (nSPS) is 18.2. The second kappa shape index (κ2) is 2.22. The van der Waals surface area contributed by atoms with E-state index in [4.69, 9.17) is 5.73 Å². The summed E-state index contributed by atoms with van der Waals surface area (Å²) in [5.41, 5.74) is 6.98. The second-order valence-corrected chi connectivity index (χ2v) is 3.72. The van der Waals surface area contributed by atoms with Crippen molar-refractivity contribution in [2.24, 2.45) is 0 Å². The van der Waals surface area contributed by atoms with E-state index in [9.17, 15) is 4.91 Å². The van der Waals surface area contributed by atoms with Gasteiger partial charge in [0, 0.05) is 18.8 Å². The van der Waals surface area contributed by atoms with E-state index in [0.29, 0.717) is 11.4 Å². The van der Waals surface area contributed by atoms with Gasteiger partial charge in [0.1, 0.15) is 11.4 Å². The molecular formula is C9H12N3O+. The number of nitrogen functional groups attached to an aromatic ring is 1. The molecule has 0 aromatic heterocycles. The van der Waals surface area contributed by atoms with Crippen molar-refractivity contribution in [2.45, 2.75) is 19.5 Å². The van der Waals surface area contributed by atoms with Crippen molar-refractivity contribution in [3.63, 3.8) is 0 Å². The summed E-state index contributed by atoms with van der Waals surface area (Å²) in [6.45, 7) is 3.64. The third kappa shape index (κ3) is 0.983. The average molecular weight is 178 g/mol. The second-order valence-electron chi connectivity index (χ2n) is 3.72. The quantitative estimate of drug-likeness (QED) is 0.470. The van der Waals surface area contributed by atoms with E-state index >= 15 is 0 Å². The van der Waals surface area contributed by atoms with Gasteiger partial charge in [-0.25, -0.2) is 0 Å². The van der Waals surface area contributed by atoms with Crippen LogP contribution in [-0.2, 0) is 0 Å². The standard InChI is InChI=1S/C9H12N3O/c1-9(2)11-7-5-3-4-6(10)8(7)12(9)13/h3-5,11H,10H2,1-2H3/q+1. The molecule has 13 heavy (non-hydrogen) atoms. The Labute approximate surface area is 76.3 Å². The van der Waals surface area contributed by atoms with Crippen molar-refractivity contribution in [1.82, 2.24) is 0 Å². The molecule has 0 spiro atoms. The molecule has 0 atom stereocenters. The van der Waals surface area contributed by atoms with Crippen molar-refractivity contribution in [3.8, 4) is 0 Å². The molecule has 2 rings (SSSR count). The fourth-order valence-corrected chi connectivity index (χ4v) is 1.55. The molecule has 1 aliphatic rings. The zero-order valence-corrected chi connectivity index (χ0v) is 7.66. The SMILES string of the molecule is CC1(C)Nc2cccc(N)c2[N+]1=O. The maximum Gasteiger partial charge on any atom is 0.304 e. The highest BCUT2D eigenvalue weighted by atomic mass is 16.3. The van der Waals surface area contributed by atoms with Crippen LogP contribution in [0.4, 0.5) is 17.1 Å². The van der Waals surface area contributed by atoms with Gasteiger partial charge in [-0.15, -0.1) is 0 Å². The van der Waals surface area contributed by atoms with Crippen LogP contribution in [0.15, 0.2) is 18.2 Å². The number of hydrogen-bond acceptors (Lipinski definition) is 3. The smallest absolute Gasteiger partial charge is 0.304 e. The Morgan fingerprint density at radius 1 is 1.46 bits per heavy atom. The van der Waals surface area contributed by atoms with Crippen molar-refractivity contribution in [3.05, 3.63) is 23.1 Å². The summed E-state index contributed by atoms with van der Waals surface area (Å²) < 4.78 is 0.914. The van der Waals surface area contributed by atoms with Gasteiger partial charge in [-0.1, -0.05) is 6.07 Å². The molecule has 0 unspecified atom stereocenters. The number of anilines is 2. The molecule has 1 aromatic rings. The number of nitrogens with two attached hydrogens (primary N) is 1. The summed E-state index contributed by atoms with van der Waals surface area (Å²) in [5, 5.41) is 3.10. The van der Waals surface area contributed by atoms with E-state index in [1.807, 2.05) is 26.0 Å². The van der Waals surface area contributed by atoms with Gasteiger partial charge in [-0.3, -0.25) is 0 Å². The molecule has 68 valence electrons. The highest BCUT2D eigenvalue weighted by Crippen LogP contribution is 2.41. The minimum Gasteiger partial charge on any atom is -0.393 e. The molecule has 4 heteroatoms. The molecular weight excluding hydrogens is 166 g/mol. The molecule has 3 N–H and O–H groups in total. The van der Waals surface area contributed by atoms with Crippen molar-refractivity contribution < 1.29 is 4.76 Å². The monoisotopic (exact) mass is 178 g/mol. The number of hydrogen-bond donors (Lipinski definition) is 2. The minimum absolute atomic E-state index is 0.519. The zero-order chi connectivity index (χ0) is 9.64. The van der Waals surface area contributed by atoms with Gasteiger partial charge in [0.2, 0.25) is 0 Å². The molecule has 0 bridgehead atoms. The van der Waals surface area contributed by atoms with E-state index < -0.39 is 5.66 Å². The first-order chi connectivity index (χ1) is 6.02. The minimum atomic E-state index is -0.599. The predicted molar refractivity (Wildman–Crippen MR) is 51.8 cm³/mol. The number of rotatable bonds is 0. The van der Waals surface area contributed by atoms with Gasteiger partial charge < -0.3 is 11.1 Å². The van der Waals surface area contributed by atoms with E-state index in [1.54, 1.807) is 6.07 Å². The van der Waals surface area contributed by atoms with Gasteiger partial charge in [-0.2, -0.15) is 0 Å². The molecule has 0 saturated carbocycles. The Balaban J connectivity index is 2.64. The van der Waals surface area contributed by atoms with Crippen molar-refractivity contribution in [2.75, 3.05) is 11.1 Å². The summed E-state index contributed by atoms with van der Waals surface area (Å²) in [6, 6.07) is 5.41. The van der Waals surface area contributed by atoms with Crippen LogP contribution in [0.3, 0.4) is 0 Å². The predicted octanol–water partition coefficient (Wildman–Crippen LogP) is 1.84. The largest absolute Gasteiger partial charge is 0.393 e. The van der Waals surface area contributed by atoms with Gasteiger partial charge >= 0.3 is 5.69 Å². The van der Waals surface area contributed by atoms with Gasteiger partial charge in [-0.05, 0) is 12.1 Å². The van der Waals surface area contributed by atoms with E-state index in [1.165, 1.54) is 0 Å². The van der Waals surface area contributed by atoms with Gasteiger partial charge in [0.05, 0.1) is 4.76 Å². The van der Waals surface area contributed by atoms with Crippen LogP contribution in [0, 0.1) is 4.91 Å². The fourth-order valence-electron chi connectivity index (χ4n) is 1.55. The van der Waals surface area contributed by atoms with E-state index in [-0.39, 0.29) is 0 Å². The summed E-state index contributed by atoms with van der Waals surface area (Å²) in [5.74, 6) is 0. The average Bonchev–Trinajstić information content (AvgIpc) is 2.24. The molecule has 1 aromatic carbocycles. The summed E-state index contributed by atoms with van der Waals surface area (Å²) in [4.78, 5) is 11.7. The Bertz CT molecular complexity index is 384. The summed E-state index contributed by atoms with van der Waals surface area (Å²) >= 11 is 0. The number of para-hydroxylation sites is 1. The van der Waals surface area contributed by atoms with Crippen LogP contribution in [0.25, 0.3) is 0 Å². The summed E-state index contributed by atoms with van der Waals surface area (Å²) in [7, 11) is 0. The Morgan fingerprint density at radius 2 is 2.15 bits per heavy atom. The molecule has 1 heterocycles. The Hall–Kier alpha value is -1.58. The van der Waals surface area contributed by atoms with Crippen LogP contribution in [0.5, 0.6) is 0 Å². The Morgan fingerprint density at radius 3 is 2.77 bits per heavy atom. The van der Waals surface area contributed by atoms with E-state index in [2.05, 4.69) is 5.32 Å². The third-order valence-electron chi connectivity index (χ3n) is 2.22. The van der Waals surface area contributed by atoms with Crippen LogP contribution in [0.1, 0.15) is 13.8 Å². The molecule has 1 aliphatic heterocycles. The van der Waals surface area contributed by atoms with Crippen LogP contribution < -0.4 is 11.1 Å². The van der Waals surface area contributed by atoms with Gasteiger partial charge in [0.25, 0.3) is 5.66 Å². The first-order valence-corrected chi connectivity index (χ1v) is 4.16. The molecule has 0 amide bonds. The molecule has 0 fully saturated rings. The number of nitroso groups, excluding NO2 is 1. The number of benzene rings is 1. The van der Waals surface area contributed by atoms with Crippen LogP contribution in [-0.4, -0.2) is 10.4 Å². The maximum atomic E-state index is 11.7. The Kier molecular flexibility index (Phi) is 1.37. The molecule has 4 nitrogen and oxygen atoms in total. The lowest BCUT2D eigenvalue weighted by Gasteiger charge is -2.06.